The first-order valence-electron chi connectivity index (χ1n) is 9.40. The first-order chi connectivity index (χ1) is 13.7. The van der Waals surface area contributed by atoms with Crippen molar-refractivity contribution in [1.82, 2.24) is 5.32 Å². The zero-order valence-corrected chi connectivity index (χ0v) is 16.3. The molecule has 0 spiro atoms. The fourth-order valence-corrected chi connectivity index (χ4v) is 3.16. The van der Waals surface area contributed by atoms with E-state index in [1.807, 2.05) is 36.4 Å². The summed E-state index contributed by atoms with van der Waals surface area (Å²) in [4.78, 5) is 12.1. The van der Waals surface area contributed by atoms with Gasteiger partial charge in [0.1, 0.15) is 0 Å². The van der Waals surface area contributed by atoms with E-state index in [-0.39, 0.29) is 5.91 Å². The predicted molar refractivity (Wildman–Crippen MR) is 113 cm³/mol. The number of anilines is 1. The number of carbonyl (C=O) groups excluding carboxylic acids is 1. The Balaban J connectivity index is 1.43. The summed E-state index contributed by atoms with van der Waals surface area (Å²) in [6, 6.07) is 20.2. The van der Waals surface area contributed by atoms with Crippen LogP contribution in [0.2, 0.25) is 0 Å². The molecule has 146 valence electrons. The third kappa shape index (κ3) is 4.94. The molecule has 2 N–H and O–H groups in total. The minimum absolute atomic E-state index is 0.0366. The number of benzene rings is 3. The van der Waals surface area contributed by atoms with Crippen LogP contribution in [0, 0.1) is 0 Å². The lowest BCUT2D eigenvalue weighted by Gasteiger charge is -2.11. The lowest BCUT2D eigenvalue weighted by molar-refractivity contribution is -0.120. The number of ether oxygens (including phenoxy) is 2. The lowest BCUT2D eigenvalue weighted by Crippen LogP contribution is -2.28. The third-order valence-electron chi connectivity index (χ3n) is 4.64. The van der Waals surface area contributed by atoms with Gasteiger partial charge in [-0.15, -0.1) is 0 Å². The zero-order valence-electron chi connectivity index (χ0n) is 16.3. The number of aryl methyl sites for hydroxylation is 1. The zero-order chi connectivity index (χ0) is 19.8. The normalized spacial score (nSPS) is 10.5. The monoisotopic (exact) mass is 378 g/mol. The highest BCUT2D eigenvalue weighted by molar-refractivity contribution is 5.93. The van der Waals surface area contributed by atoms with Crippen molar-refractivity contribution in [3.05, 3.63) is 66.2 Å². The van der Waals surface area contributed by atoms with Gasteiger partial charge in [0, 0.05) is 30.6 Å². The largest absolute Gasteiger partial charge is 0.493 e. The van der Waals surface area contributed by atoms with Gasteiger partial charge in [-0.05, 0) is 35.6 Å². The standard InChI is InChI=1S/C23H26N2O3/c1-27-21-12-10-17(16-22(21)28-2)11-13-23(26)25-15-14-24-20-9-5-7-18-6-3-4-8-19(18)20/h3-10,12,16,24H,11,13-15H2,1-2H3,(H,25,26). The molecule has 0 saturated carbocycles. The molecule has 0 unspecified atom stereocenters. The Kier molecular flexibility index (Phi) is 6.73. The average molecular weight is 378 g/mol. The summed E-state index contributed by atoms with van der Waals surface area (Å²) in [5.41, 5.74) is 2.12. The van der Waals surface area contributed by atoms with Crippen molar-refractivity contribution in [2.45, 2.75) is 12.8 Å². The van der Waals surface area contributed by atoms with E-state index in [0.717, 1.165) is 11.3 Å². The van der Waals surface area contributed by atoms with Crippen molar-refractivity contribution in [2.24, 2.45) is 0 Å². The summed E-state index contributed by atoms with van der Waals surface area (Å²) < 4.78 is 10.5. The van der Waals surface area contributed by atoms with Gasteiger partial charge in [0.05, 0.1) is 14.2 Å². The molecule has 0 atom stereocenters. The van der Waals surface area contributed by atoms with Gasteiger partial charge in [0.25, 0.3) is 0 Å². The van der Waals surface area contributed by atoms with E-state index < -0.39 is 0 Å². The summed E-state index contributed by atoms with van der Waals surface area (Å²) in [5, 5.41) is 8.75. The molecule has 0 aromatic heterocycles. The van der Waals surface area contributed by atoms with Crippen LogP contribution < -0.4 is 20.1 Å². The quantitative estimate of drug-likeness (QED) is 0.552. The topological polar surface area (TPSA) is 59.6 Å². The number of amides is 1. The number of hydrogen-bond acceptors (Lipinski definition) is 4. The van der Waals surface area contributed by atoms with Crippen molar-refractivity contribution in [2.75, 3.05) is 32.6 Å². The summed E-state index contributed by atoms with van der Waals surface area (Å²) in [7, 11) is 3.22. The molecule has 5 heteroatoms. The molecule has 28 heavy (non-hydrogen) atoms. The maximum Gasteiger partial charge on any atom is 0.220 e. The molecule has 0 heterocycles. The maximum absolute atomic E-state index is 12.1. The van der Waals surface area contributed by atoms with Crippen LogP contribution in [0.5, 0.6) is 11.5 Å². The Hall–Kier alpha value is -3.21. The Morgan fingerprint density at radius 3 is 2.50 bits per heavy atom. The highest BCUT2D eigenvalue weighted by atomic mass is 16.5. The van der Waals surface area contributed by atoms with Crippen molar-refractivity contribution < 1.29 is 14.3 Å². The van der Waals surface area contributed by atoms with Crippen LogP contribution in [0.3, 0.4) is 0 Å². The molecule has 3 aromatic carbocycles. The molecule has 0 aliphatic heterocycles. The van der Waals surface area contributed by atoms with Gasteiger partial charge in [0.15, 0.2) is 11.5 Å². The van der Waals surface area contributed by atoms with E-state index in [9.17, 15) is 4.79 Å². The second-order valence-electron chi connectivity index (χ2n) is 6.49. The molecule has 3 rings (SSSR count). The SMILES string of the molecule is COc1ccc(CCC(=O)NCCNc2cccc3ccccc23)cc1OC. The van der Waals surface area contributed by atoms with Crippen LogP contribution in [0.1, 0.15) is 12.0 Å². The highest BCUT2D eigenvalue weighted by Gasteiger charge is 2.07. The Bertz CT molecular complexity index is 935. The second-order valence-corrected chi connectivity index (χ2v) is 6.49. The van der Waals surface area contributed by atoms with E-state index in [4.69, 9.17) is 9.47 Å². The van der Waals surface area contributed by atoms with E-state index in [0.29, 0.717) is 37.4 Å². The molecule has 5 nitrogen and oxygen atoms in total. The number of methoxy groups -OCH3 is 2. The van der Waals surface area contributed by atoms with E-state index >= 15 is 0 Å². The van der Waals surface area contributed by atoms with E-state index in [1.165, 1.54) is 10.8 Å². The van der Waals surface area contributed by atoms with Gasteiger partial charge in [-0.2, -0.15) is 0 Å². The fraction of sp³-hybridized carbons (Fsp3) is 0.261. The molecular formula is C23H26N2O3. The summed E-state index contributed by atoms with van der Waals surface area (Å²) >= 11 is 0. The van der Waals surface area contributed by atoms with Gasteiger partial charge in [0.2, 0.25) is 5.91 Å². The minimum atomic E-state index is 0.0366. The molecule has 0 aliphatic carbocycles. The van der Waals surface area contributed by atoms with Crippen LogP contribution in [0.4, 0.5) is 5.69 Å². The van der Waals surface area contributed by atoms with Gasteiger partial charge in [-0.3, -0.25) is 4.79 Å². The molecule has 0 radical (unpaired) electrons. The molecule has 0 fully saturated rings. The number of rotatable bonds is 9. The number of fused-ring (bicyclic) bond motifs is 1. The molecule has 3 aromatic rings. The van der Waals surface area contributed by atoms with Crippen LogP contribution in [0.25, 0.3) is 10.8 Å². The van der Waals surface area contributed by atoms with Crippen molar-refractivity contribution in [3.8, 4) is 11.5 Å². The summed E-state index contributed by atoms with van der Waals surface area (Å²) in [5.74, 6) is 1.41. The first-order valence-corrected chi connectivity index (χ1v) is 9.40. The van der Waals surface area contributed by atoms with Crippen LogP contribution >= 0.6 is 0 Å². The number of carbonyl (C=O) groups is 1. The number of hydrogen-bond donors (Lipinski definition) is 2. The third-order valence-corrected chi connectivity index (χ3v) is 4.64. The van der Waals surface area contributed by atoms with E-state index in [2.05, 4.69) is 34.9 Å². The fourth-order valence-electron chi connectivity index (χ4n) is 3.16. The first kappa shape index (κ1) is 19.5. The van der Waals surface area contributed by atoms with Crippen molar-refractivity contribution in [3.63, 3.8) is 0 Å². The molecule has 0 saturated heterocycles. The molecule has 0 bridgehead atoms. The molecule has 0 aliphatic rings. The Labute approximate surface area is 165 Å². The maximum atomic E-state index is 12.1. The van der Waals surface area contributed by atoms with Crippen molar-refractivity contribution in [1.29, 1.82) is 0 Å². The highest BCUT2D eigenvalue weighted by Crippen LogP contribution is 2.28. The average Bonchev–Trinajstić information content (AvgIpc) is 2.75. The Morgan fingerprint density at radius 1 is 0.893 bits per heavy atom. The van der Waals surface area contributed by atoms with Crippen molar-refractivity contribution >= 4 is 22.4 Å². The van der Waals surface area contributed by atoms with Gasteiger partial charge >= 0.3 is 0 Å². The van der Waals surface area contributed by atoms with Gasteiger partial charge in [-0.25, -0.2) is 0 Å². The minimum Gasteiger partial charge on any atom is -0.493 e. The van der Waals surface area contributed by atoms with Gasteiger partial charge < -0.3 is 20.1 Å². The van der Waals surface area contributed by atoms with Crippen LogP contribution in [-0.4, -0.2) is 33.2 Å². The van der Waals surface area contributed by atoms with Gasteiger partial charge in [-0.1, -0.05) is 42.5 Å². The van der Waals surface area contributed by atoms with E-state index in [1.54, 1.807) is 14.2 Å². The second kappa shape index (κ2) is 9.65. The summed E-state index contributed by atoms with van der Waals surface area (Å²) in [6.45, 7) is 1.25. The summed E-state index contributed by atoms with van der Waals surface area (Å²) in [6.07, 6.45) is 1.09. The lowest BCUT2D eigenvalue weighted by atomic mass is 10.1. The molecular weight excluding hydrogens is 352 g/mol. The Morgan fingerprint density at radius 2 is 1.68 bits per heavy atom. The molecule has 1 amide bonds. The van der Waals surface area contributed by atoms with Crippen LogP contribution in [0.15, 0.2) is 60.7 Å². The predicted octanol–water partition coefficient (Wildman–Crippen LogP) is 4.02. The van der Waals surface area contributed by atoms with Crippen LogP contribution in [-0.2, 0) is 11.2 Å². The smallest absolute Gasteiger partial charge is 0.220 e. The number of nitrogens with one attached hydrogen (secondary N) is 2.